The van der Waals surface area contributed by atoms with Gasteiger partial charge >= 0.3 is 6.03 Å². The molecule has 0 aliphatic carbocycles. The van der Waals surface area contributed by atoms with Crippen molar-refractivity contribution in [2.24, 2.45) is 0 Å². The molecule has 1 heterocycles. The molecule has 0 atom stereocenters. The standard InChI is InChI=1S/C9H8ClN5O/c10-6-2-1-3-7(4-6)12-9(16)13-8-5-11-15-14-8/h1-5H,(H3,11,12,13,14,15,16). The molecule has 0 bridgehead atoms. The van der Waals surface area contributed by atoms with E-state index in [1.807, 2.05) is 0 Å². The predicted molar refractivity (Wildman–Crippen MR) is 60.5 cm³/mol. The van der Waals surface area contributed by atoms with Gasteiger partial charge in [-0.25, -0.2) is 4.79 Å². The molecule has 6 nitrogen and oxygen atoms in total. The Labute approximate surface area is 96.0 Å². The topological polar surface area (TPSA) is 82.7 Å². The van der Waals surface area contributed by atoms with E-state index < -0.39 is 6.03 Å². The third-order valence-corrected chi connectivity index (χ3v) is 1.97. The second-order valence-electron chi connectivity index (χ2n) is 2.94. The van der Waals surface area contributed by atoms with Crippen molar-refractivity contribution in [2.75, 3.05) is 10.6 Å². The number of carbonyl (C=O) groups is 1. The molecule has 1 aromatic carbocycles. The number of hydrogen-bond acceptors (Lipinski definition) is 3. The fourth-order valence-electron chi connectivity index (χ4n) is 1.11. The van der Waals surface area contributed by atoms with Crippen LogP contribution in [0.4, 0.5) is 16.3 Å². The summed E-state index contributed by atoms with van der Waals surface area (Å²) in [7, 11) is 0. The molecule has 0 saturated carbocycles. The van der Waals surface area contributed by atoms with Gasteiger partial charge < -0.3 is 5.32 Å². The lowest BCUT2D eigenvalue weighted by Gasteiger charge is -2.04. The van der Waals surface area contributed by atoms with Crippen molar-refractivity contribution in [1.29, 1.82) is 0 Å². The summed E-state index contributed by atoms with van der Waals surface area (Å²) in [6, 6.07) is 6.44. The Bertz CT molecular complexity index is 484. The van der Waals surface area contributed by atoms with Crippen LogP contribution in [-0.2, 0) is 0 Å². The predicted octanol–water partition coefficient (Wildman–Crippen LogP) is 2.10. The minimum absolute atomic E-state index is 0.347. The number of urea groups is 1. The Morgan fingerprint density at radius 2 is 2.25 bits per heavy atom. The number of nitrogens with one attached hydrogen (secondary N) is 3. The van der Waals surface area contributed by atoms with Crippen molar-refractivity contribution in [3.8, 4) is 0 Å². The third kappa shape index (κ3) is 2.71. The first-order valence-electron chi connectivity index (χ1n) is 4.43. The number of rotatable bonds is 2. The fraction of sp³-hybridized carbons (Fsp3) is 0. The van der Waals surface area contributed by atoms with Gasteiger partial charge in [0.1, 0.15) is 0 Å². The smallest absolute Gasteiger partial charge is 0.308 e. The number of carbonyl (C=O) groups excluding carboxylic acids is 1. The highest BCUT2D eigenvalue weighted by Crippen LogP contribution is 2.14. The Hall–Kier alpha value is -2.08. The quantitative estimate of drug-likeness (QED) is 0.748. The number of nitrogens with zero attached hydrogens (tertiary/aromatic N) is 2. The van der Waals surface area contributed by atoms with Gasteiger partial charge in [0.05, 0.1) is 6.20 Å². The van der Waals surface area contributed by atoms with Gasteiger partial charge in [-0.15, -0.1) is 5.10 Å². The van der Waals surface area contributed by atoms with E-state index in [4.69, 9.17) is 11.6 Å². The average Bonchev–Trinajstić information content (AvgIpc) is 2.70. The van der Waals surface area contributed by atoms with E-state index in [1.165, 1.54) is 6.20 Å². The zero-order chi connectivity index (χ0) is 11.4. The number of aromatic amines is 1. The Balaban J connectivity index is 1.97. The van der Waals surface area contributed by atoms with Gasteiger partial charge in [-0.3, -0.25) is 5.32 Å². The molecule has 0 radical (unpaired) electrons. The zero-order valence-corrected chi connectivity index (χ0v) is 8.82. The molecule has 0 fully saturated rings. The van der Waals surface area contributed by atoms with E-state index in [0.717, 1.165) is 0 Å². The second-order valence-corrected chi connectivity index (χ2v) is 3.38. The van der Waals surface area contributed by atoms with Crippen LogP contribution in [0.3, 0.4) is 0 Å². The lowest BCUT2D eigenvalue weighted by Crippen LogP contribution is -2.19. The number of benzene rings is 1. The van der Waals surface area contributed by atoms with E-state index in [2.05, 4.69) is 26.0 Å². The summed E-state index contributed by atoms with van der Waals surface area (Å²) in [6.45, 7) is 0. The molecule has 7 heteroatoms. The minimum Gasteiger partial charge on any atom is -0.308 e. The molecular formula is C9H8ClN5O. The minimum atomic E-state index is -0.406. The normalized spacial score (nSPS) is 9.81. The summed E-state index contributed by atoms with van der Waals surface area (Å²) in [5.41, 5.74) is 0.605. The highest BCUT2D eigenvalue weighted by atomic mass is 35.5. The molecule has 16 heavy (non-hydrogen) atoms. The summed E-state index contributed by atoms with van der Waals surface area (Å²) in [5, 5.41) is 15.3. The van der Waals surface area contributed by atoms with Crippen molar-refractivity contribution in [2.45, 2.75) is 0 Å². The Morgan fingerprint density at radius 1 is 1.38 bits per heavy atom. The molecule has 2 rings (SSSR count). The van der Waals surface area contributed by atoms with Gasteiger partial charge in [-0.05, 0) is 18.2 Å². The van der Waals surface area contributed by atoms with E-state index >= 15 is 0 Å². The largest absolute Gasteiger partial charge is 0.324 e. The van der Waals surface area contributed by atoms with Crippen molar-refractivity contribution in [3.63, 3.8) is 0 Å². The van der Waals surface area contributed by atoms with Crippen LogP contribution in [0.25, 0.3) is 0 Å². The van der Waals surface area contributed by atoms with Gasteiger partial charge in [0.25, 0.3) is 0 Å². The lowest BCUT2D eigenvalue weighted by molar-refractivity contribution is 0.262. The number of hydrogen-bond donors (Lipinski definition) is 3. The van der Waals surface area contributed by atoms with Crippen LogP contribution in [0.5, 0.6) is 0 Å². The number of halogens is 1. The van der Waals surface area contributed by atoms with E-state index in [-0.39, 0.29) is 0 Å². The zero-order valence-electron chi connectivity index (χ0n) is 8.07. The first kappa shape index (κ1) is 10.4. The van der Waals surface area contributed by atoms with Crippen LogP contribution in [-0.4, -0.2) is 21.4 Å². The van der Waals surface area contributed by atoms with Crippen LogP contribution < -0.4 is 10.6 Å². The van der Waals surface area contributed by atoms with Crippen molar-refractivity contribution < 1.29 is 4.79 Å². The van der Waals surface area contributed by atoms with E-state index in [9.17, 15) is 4.79 Å². The second kappa shape index (κ2) is 4.63. The van der Waals surface area contributed by atoms with Crippen LogP contribution >= 0.6 is 11.6 Å². The Morgan fingerprint density at radius 3 is 2.94 bits per heavy atom. The molecule has 0 aliphatic rings. The van der Waals surface area contributed by atoms with Crippen molar-refractivity contribution in [1.82, 2.24) is 15.4 Å². The van der Waals surface area contributed by atoms with E-state index in [0.29, 0.717) is 16.5 Å². The summed E-state index contributed by atoms with van der Waals surface area (Å²) in [4.78, 5) is 11.4. The molecule has 2 amide bonds. The summed E-state index contributed by atoms with van der Waals surface area (Å²) < 4.78 is 0. The number of H-pyrrole nitrogens is 1. The van der Waals surface area contributed by atoms with Crippen molar-refractivity contribution in [3.05, 3.63) is 35.5 Å². The molecule has 3 N–H and O–H groups in total. The van der Waals surface area contributed by atoms with Crippen molar-refractivity contribution >= 4 is 29.1 Å². The maximum absolute atomic E-state index is 11.4. The van der Waals surface area contributed by atoms with Crippen LogP contribution in [0, 0.1) is 0 Å². The number of aromatic nitrogens is 3. The van der Waals surface area contributed by atoms with Gasteiger partial charge in [-0.1, -0.05) is 17.7 Å². The van der Waals surface area contributed by atoms with Gasteiger partial charge in [0, 0.05) is 10.7 Å². The molecule has 0 saturated heterocycles. The lowest BCUT2D eigenvalue weighted by atomic mass is 10.3. The SMILES string of the molecule is O=C(Nc1cccc(Cl)c1)Nc1cn[nH]n1. The number of amides is 2. The molecule has 82 valence electrons. The highest BCUT2D eigenvalue weighted by Gasteiger charge is 2.04. The molecule has 0 unspecified atom stereocenters. The Kier molecular flexibility index (Phi) is 3.02. The summed E-state index contributed by atoms with van der Waals surface area (Å²) in [5.74, 6) is 0.347. The first-order chi connectivity index (χ1) is 7.74. The molecular weight excluding hydrogens is 230 g/mol. The van der Waals surface area contributed by atoms with Crippen LogP contribution in [0.2, 0.25) is 5.02 Å². The fourth-order valence-corrected chi connectivity index (χ4v) is 1.30. The maximum atomic E-state index is 11.4. The van der Waals surface area contributed by atoms with Gasteiger partial charge in [0.2, 0.25) is 0 Å². The maximum Gasteiger partial charge on any atom is 0.324 e. The molecule has 0 aliphatic heterocycles. The molecule has 1 aromatic heterocycles. The number of anilines is 2. The molecule has 0 spiro atoms. The van der Waals surface area contributed by atoms with Crippen LogP contribution in [0.15, 0.2) is 30.5 Å². The first-order valence-corrected chi connectivity index (χ1v) is 4.81. The van der Waals surface area contributed by atoms with Crippen LogP contribution in [0.1, 0.15) is 0 Å². The summed E-state index contributed by atoms with van der Waals surface area (Å²) in [6.07, 6.45) is 1.40. The summed E-state index contributed by atoms with van der Waals surface area (Å²) >= 11 is 5.77. The monoisotopic (exact) mass is 237 g/mol. The third-order valence-electron chi connectivity index (χ3n) is 1.74. The molecule has 2 aromatic rings. The highest BCUT2D eigenvalue weighted by molar-refractivity contribution is 6.30. The van der Waals surface area contributed by atoms with E-state index in [1.54, 1.807) is 24.3 Å². The van der Waals surface area contributed by atoms with Gasteiger partial charge in [-0.2, -0.15) is 10.3 Å². The van der Waals surface area contributed by atoms with Gasteiger partial charge in [0.15, 0.2) is 5.82 Å². The average molecular weight is 238 g/mol.